The summed E-state index contributed by atoms with van der Waals surface area (Å²) in [6.45, 7) is 3.92. The van der Waals surface area contributed by atoms with Gasteiger partial charge in [-0.25, -0.2) is 0 Å². The summed E-state index contributed by atoms with van der Waals surface area (Å²) in [5, 5.41) is 0. The Hall–Kier alpha value is 0.270. The third kappa shape index (κ3) is 2.91. The number of hydrogen-bond acceptors (Lipinski definition) is 3. The van der Waals surface area contributed by atoms with Crippen LogP contribution in [0, 0.1) is 0 Å². The molecule has 0 aromatic carbocycles. The molecule has 0 saturated heterocycles. The van der Waals surface area contributed by atoms with Crippen LogP contribution in [0.1, 0.15) is 13.8 Å². The minimum atomic E-state index is 0.178. The van der Waals surface area contributed by atoms with E-state index in [2.05, 4.69) is 17.5 Å². The van der Waals surface area contributed by atoms with E-state index in [1.54, 1.807) is 0 Å². The van der Waals surface area contributed by atoms with Crippen molar-refractivity contribution in [3.63, 3.8) is 0 Å². The van der Waals surface area contributed by atoms with E-state index >= 15 is 0 Å². The molecule has 0 amide bonds. The van der Waals surface area contributed by atoms with Gasteiger partial charge in [0, 0.05) is 12.1 Å². The van der Waals surface area contributed by atoms with Crippen LogP contribution in [0.3, 0.4) is 0 Å². The summed E-state index contributed by atoms with van der Waals surface area (Å²) in [5.41, 5.74) is 5.44. The molecule has 0 spiro atoms. The summed E-state index contributed by atoms with van der Waals surface area (Å²) in [7, 11) is 0. The first-order valence-electron chi connectivity index (χ1n) is 2.33. The van der Waals surface area contributed by atoms with Crippen LogP contribution in [0.4, 0.5) is 0 Å². The molecule has 3 heteroatoms. The summed E-state index contributed by atoms with van der Waals surface area (Å²) in [6.07, 6.45) is 0. The predicted octanol–water partition coefficient (Wildman–Crippen LogP) is 0.157. The Balaban J connectivity index is 3.14. The predicted molar refractivity (Wildman–Crippen MR) is 35.2 cm³/mol. The molecule has 2 nitrogen and oxygen atoms in total. The molecule has 7 heavy (non-hydrogen) atoms. The van der Waals surface area contributed by atoms with Crippen molar-refractivity contribution < 1.29 is 0 Å². The second-order valence-corrected chi connectivity index (χ2v) is 2.04. The van der Waals surface area contributed by atoms with Gasteiger partial charge in [-0.1, -0.05) is 12.8 Å². The van der Waals surface area contributed by atoms with Gasteiger partial charge in [0.1, 0.15) is 0 Å². The van der Waals surface area contributed by atoms with Crippen LogP contribution >= 0.6 is 12.8 Å². The molecule has 0 aliphatic rings. The molecule has 0 aromatic rings. The average Bonchev–Trinajstić information content (AvgIpc) is 1.65. The van der Waals surface area contributed by atoms with E-state index in [1.807, 2.05) is 13.8 Å². The monoisotopic (exact) mass is 120 g/mol. The van der Waals surface area contributed by atoms with Gasteiger partial charge in [-0.15, -0.1) is 0 Å². The number of nitrogens with two attached hydrogens (primary N) is 1. The summed E-state index contributed by atoms with van der Waals surface area (Å²) >= 11 is 3.82. The Kier molecular flexibility index (Phi) is 3.42. The van der Waals surface area contributed by atoms with Crippen molar-refractivity contribution in [3.05, 3.63) is 0 Å². The van der Waals surface area contributed by atoms with Gasteiger partial charge in [-0.2, -0.15) is 0 Å². The maximum atomic E-state index is 5.44. The molecular weight excluding hydrogens is 108 g/mol. The first-order valence-corrected chi connectivity index (χ1v) is 2.78. The Morgan fingerprint density at radius 2 is 2.00 bits per heavy atom. The Labute approximate surface area is 50.0 Å². The van der Waals surface area contributed by atoms with Crippen molar-refractivity contribution in [2.75, 3.05) is 0 Å². The van der Waals surface area contributed by atoms with Crippen molar-refractivity contribution >= 4 is 12.8 Å². The van der Waals surface area contributed by atoms with E-state index in [0.717, 1.165) is 0 Å². The summed E-state index contributed by atoms with van der Waals surface area (Å²) in [5.74, 6) is 0. The minimum absolute atomic E-state index is 0.178. The van der Waals surface area contributed by atoms with Crippen LogP contribution in [-0.2, 0) is 0 Å². The van der Waals surface area contributed by atoms with Gasteiger partial charge in [0.15, 0.2) is 0 Å². The van der Waals surface area contributed by atoms with Crippen molar-refractivity contribution in [1.82, 2.24) is 4.72 Å². The van der Waals surface area contributed by atoms with Crippen molar-refractivity contribution in [2.24, 2.45) is 5.73 Å². The smallest absolute Gasteiger partial charge is 0.0289 e. The van der Waals surface area contributed by atoms with Crippen LogP contribution in [0.5, 0.6) is 0 Å². The van der Waals surface area contributed by atoms with Crippen LogP contribution in [0.2, 0.25) is 0 Å². The van der Waals surface area contributed by atoms with Gasteiger partial charge < -0.3 is 5.73 Å². The van der Waals surface area contributed by atoms with Crippen molar-refractivity contribution in [2.45, 2.75) is 25.9 Å². The quantitative estimate of drug-likeness (QED) is 0.454. The third-order valence-electron chi connectivity index (χ3n) is 0.992. The first kappa shape index (κ1) is 7.27. The maximum Gasteiger partial charge on any atom is 0.0289 e. The molecule has 44 valence electrons. The zero-order valence-corrected chi connectivity index (χ0v) is 5.57. The summed E-state index contributed by atoms with van der Waals surface area (Å²) in [6, 6.07) is 0.473. The Bertz CT molecular complexity index is 47.0. The highest BCUT2D eigenvalue weighted by molar-refractivity contribution is 7.78. The number of hydrogen-bond donors (Lipinski definition) is 3. The van der Waals surface area contributed by atoms with Crippen LogP contribution in [-0.4, -0.2) is 12.1 Å². The summed E-state index contributed by atoms with van der Waals surface area (Å²) < 4.78 is 2.73. The van der Waals surface area contributed by atoms with Gasteiger partial charge in [0.05, 0.1) is 0 Å². The minimum Gasteiger partial charge on any atom is -0.327 e. The van der Waals surface area contributed by atoms with E-state index in [-0.39, 0.29) is 6.04 Å². The number of nitrogens with one attached hydrogen (secondary N) is 1. The maximum absolute atomic E-state index is 5.44. The molecule has 0 rings (SSSR count). The van der Waals surface area contributed by atoms with Crippen molar-refractivity contribution in [3.8, 4) is 0 Å². The second kappa shape index (κ2) is 3.29. The van der Waals surface area contributed by atoms with Crippen molar-refractivity contribution in [1.29, 1.82) is 0 Å². The molecule has 0 fully saturated rings. The molecule has 0 saturated carbocycles. The van der Waals surface area contributed by atoms with Gasteiger partial charge in [0.25, 0.3) is 0 Å². The first-order chi connectivity index (χ1) is 3.18. The lowest BCUT2D eigenvalue weighted by Crippen LogP contribution is -2.36. The highest BCUT2D eigenvalue weighted by atomic mass is 32.1. The highest BCUT2D eigenvalue weighted by Crippen LogP contribution is 1.85. The molecule has 0 aliphatic heterocycles. The standard InChI is InChI=1S/C4H12N2S/c1-3(5)4(2)6-7/h3-4,6-7H,5H2,1-2H3. The third-order valence-corrected chi connectivity index (χ3v) is 1.40. The van der Waals surface area contributed by atoms with Crippen LogP contribution in [0.15, 0.2) is 0 Å². The fourth-order valence-electron chi connectivity index (χ4n) is 0.118. The second-order valence-electron chi connectivity index (χ2n) is 1.78. The average molecular weight is 120 g/mol. The summed E-state index contributed by atoms with van der Waals surface area (Å²) in [4.78, 5) is 0. The Morgan fingerprint density at radius 1 is 1.57 bits per heavy atom. The lowest BCUT2D eigenvalue weighted by molar-refractivity contribution is 0.574. The number of rotatable bonds is 2. The van der Waals surface area contributed by atoms with E-state index in [4.69, 9.17) is 5.73 Å². The van der Waals surface area contributed by atoms with Gasteiger partial charge in [-0.3, -0.25) is 4.72 Å². The Morgan fingerprint density at radius 3 is 2.00 bits per heavy atom. The molecule has 2 atom stereocenters. The van der Waals surface area contributed by atoms with Crippen LogP contribution in [0.25, 0.3) is 0 Å². The van der Waals surface area contributed by atoms with E-state index in [1.165, 1.54) is 0 Å². The topological polar surface area (TPSA) is 38.0 Å². The fourth-order valence-corrected chi connectivity index (χ4v) is 0.353. The molecule has 2 unspecified atom stereocenters. The molecule has 0 aromatic heterocycles. The lowest BCUT2D eigenvalue weighted by atomic mass is 10.2. The number of thiol groups is 1. The normalized spacial score (nSPS) is 18.9. The molecule has 0 heterocycles. The molecule has 0 aliphatic carbocycles. The van der Waals surface area contributed by atoms with E-state index < -0.39 is 0 Å². The zero-order valence-electron chi connectivity index (χ0n) is 4.68. The molecule has 0 bridgehead atoms. The molecular formula is C4H12N2S. The largest absolute Gasteiger partial charge is 0.327 e. The van der Waals surface area contributed by atoms with E-state index in [9.17, 15) is 0 Å². The SMILES string of the molecule is CC(N)C(C)NS. The lowest BCUT2D eigenvalue weighted by Gasteiger charge is -2.11. The van der Waals surface area contributed by atoms with Gasteiger partial charge >= 0.3 is 0 Å². The van der Waals surface area contributed by atoms with E-state index in [0.29, 0.717) is 6.04 Å². The molecule has 3 N–H and O–H groups in total. The van der Waals surface area contributed by atoms with Crippen LogP contribution < -0.4 is 10.5 Å². The zero-order chi connectivity index (χ0) is 5.86. The van der Waals surface area contributed by atoms with Gasteiger partial charge in [0.2, 0.25) is 0 Å². The fraction of sp³-hybridized carbons (Fsp3) is 1.00. The highest BCUT2D eigenvalue weighted by Gasteiger charge is 2.01. The van der Waals surface area contributed by atoms with Gasteiger partial charge in [-0.05, 0) is 13.8 Å². The molecule has 0 radical (unpaired) electrons.